The minimum absolute atomic E-state index is 0.110. The van der Waals surface area contributed by atoms with Gasteiger partial charge in [0.2, 0.25) is 0 Å². The summed E-state index contributed by atoms with van der Waals surface area (Å²) in [6.07, 6.45) is 0.696. The second-order valence-corrected chi connectivity index (χ2v) is 5.54. The normalized spacial score (nSPS) is 12.0. The summed E-state index contributed by atoms with van der Waals surface area (Å²) >= 11 is 3.07. The van der Waals surface area contributed by atoms with Gasteiger partial charge in [-0.25, -0.2) is 8.78 Å². The monoisotopic (exact) mass is 355 g/mol. The number of hydrogen-bond donors (Lipinski definition) is 1. The van der Waals surface area contributed by atoms with Crippen molar-refractivity contribution in [3.8, 4) is 5.75 Å². The lowest BCUT2D eigenvalue weighted by molar-refractivity contribution is 0.414. The molecule has 0 aliphatic carbocycles. The Morgan fingerprint density at radius 2 is 1.71 bits per heavy atom. The molecule has 2 rings (SSSR count). The van der Waals surface area contributed by atoms with Crippen LogP contribution in [0.2, 0.25) is 0 Å². The molecule has 1 unspecified atom stereocenters. The Balaban J connectivity index is 2.26. The lowest BCUT2D eigenvalue weighted by Gasteiger charge is -2.20. The molecule has 0 aliphatic rings. The van der Waals surface area contributed by atoms with Crippen LogP contribution in [0, 0.1) is 11.6 Å². The molecular formula is C16H16BrF2NO. The van der Waals surface area contributed by atoms with Gasteiger partial charge in [0.25, 0.3) is 0 Å². The number of methoxy groups -OCH3 is 1. The molecule has 112 valence electrons. The molecule has 5 heteroatoms. The number of benzene rings is 2. The number of hydrogen-bond acceptors (Lipinski definition) is 2. The molecule has 1 N–H and O–H groups in total. The zero-order chi connectivity index (χ0) is 15.4. The highest BCUT2D eigenvalue weighted by Crippen LogP contribution is 2.29. The van der Waals surface area contributed by atoms with E-state index in [-0.39, 0.29) is 11.7 Å². The highest BCUT2D eigenvalue weighted by Gasteiger charge is 2.16. The first-order chi connectivity index (χ1) is 10.0. The minimum Gasteiger partial charge on any atom is -0.497 e. The van der Waals surface area contributed by atoms with Gasteiger partial charge in [0.05, 0.1) is 13.2 Å². The Bertz CT molecular complexity index is 593. The van der Waals surface area contributed by atoms with Crippen molar-refractivity contribution in [2.24, 2.45) is 0 Å². The fourth-order valence-electron chi connectivity index (χ4n) is 2.11. The Hall–Kier alpha value is -1.62. The quantitative estimate of drug-likeness (QED) is 0.785. The van der Waals surface area contributed by atoms with E-state index in [1.54, 1.807) is 7.11 Å². The first-order valence-corrected chi connectivity index (χ1v) is 7.39. The zero-order valence-electron chi connectivity index (χ0n) is 11.8. The molecule has 2 aromatic carbocycles. The Morgan fingerprint density at radius 3 is 2.19 bits per heavy atom. The van der Waals surface area contributed by atoms with Gasteiger partial charge in [-0.1, -0.05) is 35.0 Å². The fraction of sp³-hybridized carbons (Fsp3) is 0.250. The molecule has 0 saturated heterocycles. The average Bonchev–Trinajstić information content (AvgIpc) is 2.47. The van der Waals surface area contributed by atoms with Gasteiger partial charge in [0, 0.05) is 4.47 Å². The number of rotatable bonds is 5. The van der Waals surface area contributed by atoms with Gasteiger partial charge in [-0.2, -0.15) is 0 Å². The summed E-state index contributed by atoms with van der Waals surface area (Å²) in [4.78, 5) is 0. The first-order valence-electron chi connectivity index (χ1n) is 6.60. The van der Waals surface area contributed by atoms with Gasteiger partial charge in [-0.15, -0.1) is 0 Å². The predicted octanol–water partition coefficient (Wildman–Crippen LogP) is 5.30. The van der Waals surface area contributed by atoms with E-state index < -0.39 is 11.6 Å². The maximum Gasteiger partial charge on any atom is 0.150 e. The highest BCUT2D eigenvalue weighted by molar-refractivity contribution is 9.10. The molecule has 0 fully saturated rings. The second kappa shape index (κ2) is 6.89. The van der Waals surface area contributed by atoms with Crippen LogP contribution in [-0.2, 0) is 0 Å². The van der Waals surface area contributed by atoms with E-state index in [0.29, 0.717) is 10.9 Å². The smallest absolute Gasteiger partial charge is 0.150 e. The van der Waals surface area contributed by atoms with E-state index in [1.807, 2.05) is 31.2 Å². The molecule has 2 aromatic rings. The lowest BCUT2D eigenvalue weighted by Crippen LogP contribution is -2.12. The molecule has 0 radical (unpaired) electrons. The lowest BCUT2D eigenvalue weighted by atomic mass is 10.0. The topological polar surface area (TPSA) is 21.3 Å². The van der Waals surface area contributed by atoms with Crippen LogP contribution in [0.25, 0.3) is 0 Å². The van der Waals surface area contributed by atoms with Crippen LogP contribution in [0.4, 0.5) is 14.5 Å². The minimum atomic E-state index is -0.617. The Kier molecular flexibility index (Phi) is 5.17. The van der Waals surface area contributed by atoms with Crippen LogP contribution < -0.4 is 10.1 Å². The summed E-state index contributed by atoms with van der Waals surface area (Å²) in [5, 5.41) is 2.93. The van der Waals surface area contributed by atoms with Crippen LogP contribution in [0.5, 0.6) is 5.75 Å². The van der Waals surface area contributed by atoms with Crippen LogP contribution in [0.3, 0.4) is 0 Å². The largest absolute Gasteiger partial charge is 0.497 e. The third-order valence-corrected chi connectivity index (χ3v) is 3.71. The highest BCUT2D eigenvalue weighted by atomic mass is 79.9. The molecule has 2 nitrogen and oxygen atoms in total. The number of nitrogens with one attached hydrogen (secondary N) is 1. The molecular weight excluding hydrogens is 340 g/mol. The molecule has 0 aliphatic heterocycles. The van der Waals surface area contributed by atoms with Gasteiger partial charge in [-0.05, 0) is 36.2 Å². The maximum atomic E-state index is 13.9. The van der Waals surface area contributed by atoms with Crippen molar-refractivity contribution < 1.29 is 13.5 Å². The molecule has 0 amide bonds. The van der Waals surface area contributed by atoms with E-state index in [0.717, 1.165) is 11.3 Å². The van der Waals surface area contributed by atoms with Crippen LogP contribution in [0.1, 0.15) is 24.9 Å². The predicted molar refractivity (Wildman–Crippen MR) is 83.7 cm³/mol. The van der Waals surface area contributed by atoms with Crippen molar-refractivity contribution in [1.82, 2.24) is 0 Å². The van der Waals surface area contributed by atoms with Gasteiger partial charge in [0.15, 0.2) is 0 Å². The summed E-state index contributed by atoms with van der Waals surface area (Å²) in [5.41, 5.74) is 0.834. The third-order valence-electron chi connectivity index (χ3n) is 3.25. The Labute approximate surface area is 131 Å². The van der Waals surface area contributed by atoms with Gasteiger partial charge in [0.1, 0.15) is 23.1 Å². The summed E-state index contributed by atoms with van der Waals surface area (Å²) in [5.74, 6) is -0.489. The zero-order valence-corrected chi connectivity index (χ0v) is 13.4. The molecule has 0 heterocycles. The van der Waals surface area contributed by atoms with Crippen LogP contribution in [0.15, 0.2) is 40.9 Å². The fourth-order valence-corrected chi connectivity index (χ4v) is 2.51. The van der Waals surface area contributed by atoms with Crippen molar-refractivity contribution in [2.45, 2.75) is 19.4 Å². The summed E-state index contributed by atoms with van der Waals surface area (Å²) in [6.45, 7) is 1.95. The van der Waals surface area contributed by atoms with Gasteiger partial charge < -0.3 is 10.1 Å². The van der Waals surface area contributed by atoms with Gasteiger partial charge >= 0.3 is 0 Å². The number of anilines is 1. The summed E-state index contributed by atoms with van der Waals surface area (Å²) < 4.78 is 33.3. The van der Waals surface area contributed by atoms with Gasteiger partial charge in [-0.3, -0.25) is 0 Å². The molecule has 1 atom stereocenters. The van der Waals surface area contributed by atoms with E-state index in [9.17, 15) is 8.78 Å². The molecule has 0 bridgehead atoms. The third kappa shape index (κ3) is 3.73. The van der Waals surface area contributed by atoms with Crippen molar-refractivity contribution in [1.29, 1.82) is 0 Å². The van der Waals surface area contributed by atoms with Crippen molar-refractivity contribution in [3.63, 3.8) is 0 Å². The van der Waals surface area contributed by atoms with E-state index >= 15 is 0 Å². The first kappa shape index (κ1) is 15.8. The molecule has 21 heavy (non-hydrogen) atoms. The number of halogens is 3. The van der Waals surface area contributed by atoms with Crippen LogP contribution >= 0.6 is 15.9 Å². The van der Waals surface area contributed by atoms with E-state index in [4.69, 9.17) is 4.74 Å². The van der Waals surface area contributed by atoms with E-state index in [1.165, 1.54) is 12.1 Å². The van der Waals surface area contributed by atoms with Crippen molar-refractivity contribution >= 4 is 21.6 Å². The SMILES string of the molecule is CCC(Nc1c(F)cc(Br)cc1F)c1ccc(OC)cc1. The molecule has 0 aromatic heterocycles. The maximum absolute atomic E-state index is 13.9. The molecule has 0 saturated carbocycles. The van der Waals surface area contributed by atoms with E-state index in [2.05, 4.69) is 21.2 Å². The second-order valence-electron chi connectivity index (χ2n) is 4.62. The molecule has 0 spiro atoms. The Morgan fingerprint density at radius 1 is 1.14 bits per heavy atom. The van der Waals surface area contributed by atoms with Crippen LogP contribution in [-0.4, -0.2) is 7.11 Å². The van der Waals surface area contributed by atoms with Crippen molar-refractivity contribution in [2.75, 3.05) is 12.4 Å². The van der Waals surface area contributed by atoms with Crippen molar-refractivity contribution in [3.05, 3.63) is 58.1 Å². The standard InChI is InChI=1S/C16H16BrF2NO/c1-3-15(10-4-6-12(21-2)7-5-10)20-16-13(18)8-11(17)9-14(16)19/h4-9,15,20H,3H2,1-2H3. The summed E-state index contributed by atoms with van der Waals surface area (Å²) in [7, 11) is 1.59. The average molecular weight is 356 g/mol. The number of ether oxygens (including phenoxy) is 1. The summed E-state index contributed by atoms with van der Waals surface area (Å²) in [6, 6.07) is 9.73.